The summed E-state index contributed by atoms with van der Waals surface area (Å²) >= 11 is 1.66. The fourth-order valence-corrected chi connectivity index (χ4v) is 3.58. The average molecular weight is 351 g/mol. The molecule has 0 bridgehead atoms. The minimum Gasteiger partial charge on any atom is -0.483 e. The zero-order chi connectivity index (χ0) is 17.2. The van der Waals surface area contributed by atoms with Crippen LogP contribution < -0.4 is 4.74 Å². The third kappa shape index (κ3) is 6.04. The molecule has 2 atom stereocenters. The summed E-state index contributed by atoms with van der Waals surface area (Å²) in [5.74, 6) is 1.83. The van der Waals surface area contributed by atoms with Crippen molar-refractivity contribution in [2.45, 2.75) is 70.3 Å². The molecular weight excluding hydrogens is 320 g/mol. The van der Waals surface area contributed by atoms with E-state index in [0.29, 0.717) is 18.3 Å². The molecule has 0 saturated heterocycles. The lowest BCUT2D eigenvalue weighted by Gasteiger charge is -2.31. The maximum Gasteiger partial charge on any atom is 0.306 e. The maximum atomic E-state index is 12.1. The average Bonchev–Trinajstić information content (AvgIpc) is 2.61. The molecule has 24 heavy (non-hydrogen) atoms. The molecule has 134 valence electrons. The molecule has 1 fully saturated rings. The van der Waals surface area contributed by atoms with Gasteiger partial charge in [-0.25, -0.2) is 0 Å². The Morgan fingerprint density at radius 3 is 2.88 bits per heavy atom. The first kappa shape index (κ1) is 19.2. The summed E-state index contributed by atoms with van der Waals surface area (Å²) < 4.78 is 11.6. The highest BCUT2D eigenvalue weighted by Crippen LogP contribution is 2.36. The van der Waals surface area contributed by atoms with Crippen LogP contribution in [0.1, 0.15) is 69.8 Å². The van der Waals surface area contributed by atoms with E-state index in [2.05, 4.69) is 19.1 Å². The van der Waals surface area contributed by atoms with E-state index in [9.17, 15) is 4.79 Å². The van der Waals surface area contributed by atoms with Crippen molar-refractivity contribution in [2.75, 3.05) is 12.2 Å². The highest BCUT2D eigenvalue weighted by atomic mass is 32.2. The fraction of sp³-hybridized carbons (Fsp3) is 0.650. The topological polar surface area (TPSA) is 35.5 Å². The summed E-state index contributed by atoms with van der Waals surface area (Å²) in [4.78, 5) is 12.1. The zero-order valence-corrected chi connectivity index (χ0v) is 15.8. The lowest BCUT2D eigenvalue weighted by atomic mass is 9.81. The van der Waals surface area contributed by atoms with Gasteiger partial charge in [-0.15, -0.1) is 11.8 Å². The molecule has 3 nitrogen and oxygen atoms in total. The third-order valence-electron chi connectivity index (χ3n) is 4.60. The zero-order valence-electron chi connectivity index (χ0n) is 15.0. The van der Waals surface area contributed by atoms with Gasteiger partial charge in [0.05, 0.1) is 0 Å². The molecule has 4 heteroatoms. The number of hydrogen-bond acceptors (Lipinski definition) is 4. The lowest BCUT2D eigenvalue weighted by molar-refractivity contribution is -0.151. The summed E-state index contributed by atoms with van der Waals surface area (Å²) in [6.07, 6.45) is 10.1. The van der Waals surface area contributed by atoms with Crippen molar-refractivity contribution in [3.8, 4) is 5.75 Å². The monoisotopic (exact) mass is 350 g/mol. The van der Waals surface area contributed by atoms with Gasteiger partial charge in [0.1, 0.15) is 17.8 Å². The maximum absolute atomic E-state index is 12.1. The Bertz CT molecular complexity index is 503. The second-order valence-electron chi connectivity index (χ2n) is 6.50. The summed E-state index contributed by atoms with van der Waals surface area (Å²) in [6.45, 7) is 2.15. The van der Waals surface area contributed by atoms with Gasteiger partial charge in [-0.3, -0.25) is 4.79 Å². The van der Waals surface area contributed by atoms with Gasteiger partial charge in [-0.05, 0) is 49.6 Å². The Morgan fingerprint density at radius 1 is 1.25 bits per heavy atom. The van der Waals surface area contributed by atoms with Crippen LogP contribution in [0.4, 0.5) is 0 Å². The number of esters is 1. The Morgan fingerprint density at radius 2 is 2.08 bits per heavy atom. The van der Waals surface area contributed by atoms with Crippen LogP contribution in [-0.2, 0) is 9.53 Å². The number of rotatable bonds is 9. The van der Waals surface area contributed by atoms with Crippen molar-refractivity contribution in [1.82, 2.24) is 0 Å². The van der Waals surface area contributed by atoms with Gasteiger partial charge in [0, 0.05) is 12.3 Å². The van der Waals surface area contributed by atoms with Crippen LogP contribution in [0.3, 0.4) is 0 Å². The Labute approximate surface area is 150 Å². The highest BCUT2D eigenvalue weighted by molar-refractivity contribution is 7.98. The standard InChI is InChI=1S/C20H30O3S/c1-3-4-5-13-20(21)23-19-12-7-6-11-18(19)16-9-8-10-17(14-16)22-15-24-2/h8-10,14,18-19H,3-7,11-13,15H2,1-2H3/t18-,19+/m1/s1. The van der Waals surface area contributed by atoms with Gasteiger partial charge in [-0.1, -0.05) is 38.3 Å². The molecule has 0 spiro atoms. The van der Waals surface area contributed by atoms with Crippen molar-refractivity contribution < 1.29 is 14.3 Å². The van der Waals surface area contributed by atoms with Crippen molar-refractivity contribution in [3.63, 3.8) is 0 Å². The molecule has 1 aromatic rings. The van der Waals surface area contributed by atoms with Gasteiger partial charge in [-0.2, -0.15) is 0 Å². The quantitative estimate of drug-likeness (QED) is 0.333. The first-order valence-electron chi connectivity index (χ1n) is 9.15. The van der Waals surface area contributed by atoms with E-state index in [1.165, 1.54) is 12.0 Å². The predicted octanol–water partition coefficient (Wildman–Crippen LogP) is 5.54. The van der Waals surface area contributed by atoms with Crippen LogP contribution in [0.5, 0.6) is 5.75 Å². The molecule has 0 amide bonds. The smallest absolute Gasteiger partial charge is 0.306 e. The summed E-state index contributed by atoms with van der Waals surface area (Å²) in [5.41, 5.74) is 1.24. The molecule has 1 aliphatic rings. The Kier molecular flexibility index (Phi) is 8.51. The van der Waals surface area contributed by atoms with E-state index in [4.69, 9.17) is 9.47 Å². The second-order valence-corrected chi connectivity index (χ2v) is 7.31. The number of thioether (sulfide) groups is 1. The highest BCUT2D eigenvalue weighted by Gasteiger charge is 2.29. The van der Waals surface area contributed by atoms with E-state index < -0.39 is 0 Å². The molecule has 0 aliphatic heterocycles. The second kappa shape index (κ2) is 10.7. The van der Waals surface area contributed by atoms with Crippen molar-refractivity contribution in [2.24, 2.45) is 0 Å². The van der Waals surface area contributed by atoms with Crippen LogP contribution in [0.25, 0.3) is 0 Å². The van der Waals surface area contributed by atoms with E-state index in [1.807, 2.05) is 18.4 Å². The molecule has 0 aromatic heterocycles. The molecular formula is C20H30O3S. The fourth-order valence-electron chi connectivity index (χ4n) is 3.33. The molecule has 1 aromatic carbocycles. The summed E-state index contributed by atoms with van der Waals surface area (Å²) in [7, 11) is 0. The first-order chi connectivity index (χ1) is 11.7. The minimum atomic E-state index is -0.0323. The number of benzene rings is 1. The number of hydrogen-bond donors (Lipinski definition) is 0. The van der Waals surface area contributed by atoms with Crippen molar-refractivity contribution >= 4 is 17.7 Å². The molecule has 0 N–H and O–H groups in total. The first-order valence-corrected chi connectivity index (χ1v) is 10.5. The normalized spacial score (nSPS) is 20.6. The summed E-state index contributed by atoms with van der Waals surface area (Å²) in [5, 5.41) is 0. The number of unbranched alkanes of at least 4 members (excludes halogenated alkanes) is 2. The van der Waals surface area contributed by atoms with Gasteiger partial charge >= 0.3 is 5.97 Å². The number of carbonyl (C=O) groups is 1. The van der Waals surface area contributed by atoms with E-state index in [-0.39, 0.29) is 12.1 Å². The Hall–Kier alpha value is -1.16. The van der Waals surface area contributed by atoms with Gasteiger partial charge in [0.15, 0.2) is 0 Å². The third-order valence-corrected chi connectivity index (χ3v) is 4.95. The van der Waals surface area contributed by atoms with E-state index in [1.54, 1.807) is 11.8 Å². The molecule has 0 unspecified atom stereocenters. The van der Waals surface area contributed by atoms with Crippen LogP contribution in [0, 0.1) is 0 Å². The van der Waals surface area contributed by atoms with Gasteiger partial charge < -0.3 is 9.47 Å². The SMILES string of the molecule is CCCCCC(=O)O[C@H]1CCCC[C@@H]1c1cccc(OCSC)c1. The van der Waals surface area contributed by atoms with Crippen LogP contribution in [-0.4, -0.2) is 24.3 Å². The van der Waals surface area contributed by atoms with Gasteiger partial charge in [0.2, 0.25) is 0 Å². The number of ether oxygens (including phenoxy) is 2. The van der Waals surface area contributed by atoms with Gasteiger partial charge in [0.25, 0.3) is 0 Å². The largest absolute Gasteiger partial charge is 0.483 e. The predicted molar refractivity (Wildman–Crippen MR) is 101 cm³/mol. The molecule has 1 aliphatic carbocycles. The molecule has 2 rings (SSSR count). The van der Waals surface area contributed by atoms with E-state index >= 15 is 0 Å². The molecule has 1 saturated carbocycles. The summed E-state index contributed by atoms with van der Waals surface area (Å²) in [6, 6.07) is 8.29. The minimum absolute atomic E-state index is 0.0173. The number of carbonyl (C=O) groups excluding carboxylic acids is 1. The molecule has 0 radical (unpaired) electrons. The van der Waals surface area contributed by atoms with Crippen molar-refractivity contribution in [3.05, 3.63) is 29.8 Å². The van der Waals surface area contributed by atoms with Crippen LogP contribution >= 0.6 is 11.8 Å². The van der Waals surface area contributed by atoms with Crippen LogP contribution in [0.15, 0.2) is 24.3 Å². The van der Waals surface area contributed by atoms with Crippen LogP contribution in [0.2, 0.25) is 0 Å². The Balaban J connectivity index is 1.99. The molecule has 0 heterocycles. The van der Waals surface area contributed by atoms with E-state index in [0.717, 1.165) is 44.3 Å². The lowest BCUT2D eigenvalue weighted by Crippen LogP contribution is -2.28. The van der Waals surface area contributed by atoms with Crippen molar-refractivity contribution in [1.29, 1.82) is 0 Å².